The number of para-hydroxylation sites is 1. The standard InChI is InChI=1S/C16H22BrNO2/c1-11(2)12-7-9-16(10-8-12,15(19)20)18-14-6-4-3-5-13(14)17/h3-6,11-12,18H,7-10H2,1-2H3,(H,19,20). The average Bonchev–Trinajstić information content (AvgIpc) is 2.42. The van der Waals surface area contributed by atoms with Crippen molar-refractivity contribution in [2.45, 2.75) is 45.1 Å². The van der Waals surface area contributed by atoms with Crippen molar-refractivity contribution in [3.8, 4) is 0 Å². The summed E-state index contributed by atoms with van der Waals surface area (Å²) in [6, 6.07) is 7.70. The lowest BCUT2D eigenvalue weighted by Gasteiger charge is -2.39. The van der Waals surface area contributed by atoms with Gasteiger partial charge < -0.3 is 10.4 Å². The lowest BCUT2D eigenvalue weighted by atomic mass is 9.72. The third-order valence-corrected chi connectivity index (χ3v) is 5.18. The van der Waals surface area contributed by atoms with Crippen LogP contribution < -0.4 is 5.32 Å². The van der Waals surface area contributed by atoms with Crippen LogP contribution in [0.5, 0.6) is 0 Å². The molecular weight excluding hydrogens is 318 g/mol. The van der Waals surface area contributed by atoms with Gasteiger partial charge in [0.05, 0.1) is 0 Å². The van der Waals surface area contributed by atoms with Gasteiger partial charge in [0.25, 0.3) is 0 Å². The minimum atomic E-state index is -0.824. The van der Waals surface area contributed by atoms with Crippen LogP contribution in [0.1, 0.15) is 39.5 Å². The van der Waals surface area contributed by atoms with Crippen molar-refractivity contribution < 1.29 is 9.90 Å². The van der Waals surface area contributed by atoms with E-state index < -0.39 is 11.5 Å². The summed E-state index contributed by atoms with van der Waals surface area (Å²) in [7, 11) is 0. The van der Waals surface area contributed by atoms with Gasteiger partial charge in [0.2, 0.25) is 0 Å². The molecule has 0 radical (unpaired) electrons. The Hall–Kier alpha value is -1.03. The molecule has 0 saturated heterocycles. The third kappa shape index (κ3) is 3.17. The van der Waals surface area contributed by atoms with Crippen LogP contribution in [0, 0.1) is 11.8 Å². The Kier molecular flexibility index (Phi) is 4.74. The lowest BCUT2D eigenvalue weighted by molar-refractivity contribution is -0.144. The second-order valence-electron chi connectivity index (χ2n) is 6.07. The van der Waals surface area contributed by atoms with E-state index in [2.05, 4.69) is 35.1 Å². The summed E-state index contributed by atoms with van der Waals surface area (Å²) in [6.45, 7) is 4.44. The number of benzene rings is 1. The summed E-state index contributed by atoms with van der Waals surface area (Å²) >= 11 is 3.48. The summed E-state index contributed by atoms with van der Waals surface area (Å²) in [5.74, 6) is 0.532. The highest BCUT2D eigenvalue weighted by atomic mass is 79.9. The maximum absolute atomic E-state index is 11.8. The van der Waals surface area contributed by atoms with Gasteiger partial charge in [0.15, 0.2) is 0 Å². The molecule has 0 amide bonds. The first-order chi connectivity index (χ1) is 9.44. The van der Waals surface area contributed by atoms with Crippen LogP contribution in [0.3, 0.4) is 0 Å². The first kappa shape index (κ1) is 15.4. The van der Waals surface area contributed by atoms with Crippen LogP contribution in [0.4, 0.5) is 5.69 Å². The Balaban J connectivity index is 2.16. The molecule has 1 fully saturated rings. The predicted molar refractivity (Wildman–Crippen MR) is 84.9 cm³/mol. The van der Waals surface area contributed by atoms with Gasteiger partial charge >= 0.3 is 5.97 Å². The second kappa shape index (κ2) is 6.17. The SMILES string of the molecule is CC(C)C1CCC(Nc2ccccc2Br)(C(=O)O)CC1. The molecule has 0 heterocycles. The molecule has 4 heteroatoms. The number of carbonyl (C=O) groups is 1. The molecule has 0 spiro atoms. The van der Waals surface area contributed by atoms with E-state index in [1.807, 2.05) is 24.3 Å². The quantitative estimate of drug-likeness (QED) is 0.847. The van der Waals surface area contributed by atoms with Gasteiger partial charge in [-0.05, 0) is 65.6 Å². The Labute approximate surface area is 128 Å². The topological polar surface area (TPSA) is 49.3 Å². The molecule has 1 aromatic carbocycles. The molecule has 0 aromatic heterocycles. The summed E-state index contributed by atoms with van der Waals surface area (Å²) in [4.78, 5) is 11.8. The van der Waals surface area contributed by atoms with Crippen LogP contribution in [-0.4, -0.2) is 16.6 Å². The van der Waals surface area contributed by atoms with Gasteiger partial charge in [-0.2, -0.15) is 0 Å². The second-order valence-corrected chi connectivity index (χ2v) is 6.93. The molecule has 2 rings (SSSR count). The molecular formula is C16H22BrNO2. The Morgan fingerprint density at radius 2 is 1.95 bits per heavy atom. The molecule has 2 N–H and O–H groups in total. The Morgan fingerprint density at radius 1 is 1.35 bits per heavy atom. The Bertz CT molecular complexity index is 479. The van der Waals surface area contributed by atoms with Crippen molar-refractivity contribution in [3.63, 3.8) is 0 Å². The van der Waals surface area contributed by atoms with Gasteiger partial charge in [-0.1, -0.05) is 26.0 Å². The average molecular weight is 340 g/mol. The van der Waals surface area contributed by atoms with Crippen LogP contribution in [0.2, 0.25) is 0 Å². The fourth-order valence-electron chi connectivity index (χ4n) is 3.01. The molecule has 0 atom stereocenters. The van der Waals surface area contributed by atoms with Crippen LogP contribution in [0.15, 0.2) is 28.7 Å². The van der Waals surface area contributed by atoms with Crippen molar-refractivity contribution in [3.05, 3.63) is 28.7 Å². The normalized spacial score (nSPS) is 26.5. The van der Waals surface area contributed by atoms with Crippen molar-refractivity contribution in [2.24, 2.45) is 11.8 Å². The number of nitrogens with one attached hydrogen (secondary N) is 1. The summed E-state index contributed by atoms with van der Waals surface area (Å²) in [5.41, 5.74) is 0.0350. The van der Waals surface area contributed by atoms with Crippen molar-refractivity contribution in [2.75, 3.05) is 5.32 Å². The minimum absolute atomic E-state index is 0.630. The molecule has 20 heavy (non-hydrogen) atoms. The molecule has 1 aliphatic carbocycles. The van der Waals surface area contributed by atoms with Gasteiger partial charge in [-0.15, -0.1) is 0 Å². The number of rotatable bonds is 4. The Morgan fingerprint density at radius 3 is 2.45 bits per heavy atom. The summed E-state index contributed by atoms with van der Waals surface area (Å²) in [6.07, 6.45) is 3.32. The summed E-state index contributed by atoms with van der Waals surface area (Å²) in [5, 5.41) is 13.0. The van der Waals surface area contributed by atoms with E-state index >= 15 is 0 Å². The molecule has 3 nitrogen and oxygen atoms in total. The molecule has 1 aromatic rings. The monoisotopic (exact) mass is 339 g/mol. The highest BCUT2D eigenvalue weighted by molar-refractivity contribution is 9.10. The number of aliphatic carboxylic acids is 1. The number of anilines is 1. The molecule has 1 aliphatic rings. The van der Waals surface area contributed by atoms with E-state index in [0.29, 0.717) is 24.7 Å². The largest absolute Gasteiger partial charge is 0.480 e. The van der Waals surface area contributed by atoms with E-state index in [9.17, 15) is 9.90 Å². The van der Waals surface area contributed by atoms with Crippen LogP contribution in [0.25, 0.3) is 0 Å². The smallest absolute Gasteiger partial charge is 0.329 e. The molecule has 110 valence electrons. The first-order valence-electron chi connectivity index (χ1n) is 7.21. The number of hydrogen-bond donors (Lipinski definition) is 2. The summed E-state index contributed by atoms with van der Waals surface area (Å²) < 4.78 is 0.909. The number of carboxylic acid groups (broad SMARTS) is 1. The minimum Gasteiger partial charge on any atom is -0.480 e. The van der Waals surface area contributed by atoms with E-state index in [0.717, 1.165) is 23.0 Å². The predicted octanol–water partition coefficient (Wildman–Crippen LogP) is 4.53. The first-order valence-corrected chi connectivity index (χ1v) is 8.00. The maximum Gasteiger partial charge on any atom is 0.329 e. The highest BCUT2D eigenvalue weighted by Gasteiger charge is 2.42. The van der Waals surface area contributed by atoms with Gasteiger partial charge in [0.1, 0.15) is 5.54 Å². The number of halogens is 1. The molecule has 0 aliphatic heterocycles. The number of hydrogen-bond acceptors (Lipinski definition) is 2. The zero-order chi connectivity index (χ0) is 14.8. The fourth-order valence-corrected chi connectivity index (χ4v) is 3.40. The number of carboxylic acids is 1. The van der Waals surface area contributed by atoms with Crippen molar-refractivity contribution >= 4 is 27.6 Å². The molecule has 0 bridgehead atoms. The van der Waals surface area contributed by atoms with Crippen LogP contribution in [-0.2, 0) is 4.79 Å². The van der Waals surface area contributed by atoms with E-state index in [-0.39, 0.29) is 0 Å². The zero-order valence-electron chi connectivity index (χ0n) is 12.0. The van der Waals surface area contributed by atoms with Crippen molar-refractivity contribution in [1.29, 1.82) is 0 Å². The van der Waals surface area contributed by atoms with Gasteiger partial charge in [0, 0.05) is 10.2 Å². The molecule has 0 unspecified atom stereocenters. The fraction of sp³-hybridized carbons (Fsp3) is 0.562. The van der Waals surface area contributed by atoms with Crippen LogP contribution >= 0.6 is 15.9 Å². The van der Waals surface area contributed by atoms with E-state index in [1.54, 1.807) is 0 Å². The lowest BCUT2D eigenvalue weighted by Crippen LogP contribution is -2.49. The zero-order valence-corrected chi connectivity index (χ0v) is 13.6. The van der Waals surface area contributed by atoms with E-state index in [1.165, 1.54) is 0 Å². The van der Waals surface area contributed by atoms with Gasteiger partial charge in [-0.3, -0.25) is 0 Å². The molecule has 1 saturated carbocycles. The van der Waals surface area contributed by atoms with E-state index in [4.69, 9.17) is 0 Å². The third-order valence-electron chi connectivity index (χ3n) is 4.48. The highest BCUT2D eigenvalue weighted by Crippen LogP contribution is 2.39. The van der Waals surface area contributed by atoms with Gasteiger partial charge in [-0.25, -0.2) is 4.79 Å². The van der Waals surface area contributed by atoms with Crippen molar-refractivity contribution in [1.82, 2.24) is 0 Å². The maximum atomic E-state index is 11.8.